The van der Waals surface area contributed by atoms with Crippen LogP contribution in [0.15, 0.2) is 47.0 Å². The van der Waals surface area contributed by atoms with Gasteiger partial charge >= 0.3 is 12.3 Å². The zero-order chi connectivity index (χ0) is 28.0. The summed E-state index contributed by atoms with van der Waals surface area (Å²) >= 11 is 0. The standard InChI is InChI=1S/C29H28F4N2O5/c1-37-28(36)17-8-11-24(23(30)12-17)35-18-9-10-19(35)14-20(13-18)38-15-22-26(34-40-27(22)16-6-7-16)21-4-2-3-5-25(21)39-29(31,32)33/h2-5,8,11-12,16,18-20H,6-7,9-10,13-15H2,1H3/t18-,19?,20?/m0/s1. The largest absolute Gasteiger partial charge is 0.573 e. The molecule has 3 aliphatic rings. The Morgan fingerprint density at radius 3 is 2.45 bits per heavy atom. The fourth-order valence-corrected chi connectivity index (χ4v) is 6.03. The van der Waals surface area contributed by atoms with E-state index >= 15 is 4.39 Å². The molecule has 1 saturated carbocycles. The number of carbonyl (C=O) groups excluding carboxylic acids is 1. The van der Waals surface area contributed by atoms with Crippen molar-refractivity contribution in [3.05, 3.63) is 65.2 Å². The minimum Gasteiger partial charge on any atom is -0.465 e. The highest BCUT2D eigenvalue weighted by molar-refractivity contribution is 5.89. The fraction of sp³-hybridized carbons (Fsp3) is 0.448. The quantitative estimate of drug-likeness (QED) is 0.223. The summed E-state index contributed by atoms with van der Waals surface area (Å²) in [5.41, 5.74) is 1.73. The number of aromatic nitrogens is 1. The van der Waals surface area contributed by atoms with Crippen molar-refractivity contribution < 1.29 is 41.1 Å². The molecule has 3 fully saturated rings. The van der Waals surface area contributed by atoms with Gasteiger partial charge in [0, 0.05) is 29.1 Å². The summed E-state index contributed by atoms with van der Waals surface area (Å²) in [4.78, 5) is 13.9. The summed E-state index contributed by atoms with van der Waals surface area (Å²) < 4.78 is 75.2. The number of rotatable bonds is 8. The van der Waals surface area contributed by atoms with Crippen molar-refractivity contribution in [3.63, 3.8) is 0 Å². The van der Waals surface area contributed by atoms with Gasteiger partial charge in [-0.15, -0.1) is 13.2 Å². The van der Waals surface area contributed by atoms with Crippen LogP contribution in [-0.4, -0.2) is 42.8 Å². The highest BCUT2D eigenvalue weighted by Crippen LogP contribution is 2.46. The molecule has 0 N–H and O–H groups in total. The van der Waals surface area contributed by atoms with Gasteiger partial charge in [0.1, 0.15) is 23.0 Å². The zero-order valence-electron chi connectivity index (χ0n) is 21.7. The van der Waals surface area contributed by atoms with E-state index < -0.39 is 18.1 Å². The number of benzene rings is 2. The summed E-state index contributed by atoms with van der Waals surface area (Å²) in [5.74, 6) is -0.595. The molecule has 0 spiro atoms. The molecule has 2 bridgehead atoms. The van der Waals surface area contributed by atoms with Gasteiger partial charge in [-0.1, -0.05) is 17.3 Å². The fourth-order valence-electron chi connectivity index (χ4n) is 6.03. The third kappa shape index (κ3) is 5.26. The number of carbonyl (C=O) groups is 1. The van der Waals surface area contributed by atoms with E-state index in [9.17, 15) is 18.0 Å². The van der Waals surface area contributed by atoms with Crippen LogP contribution in [0.4, 0.5) is 23.2 Å². The SMILES string of the molecule is COC(=O)c1ccc(N2C3CC[C@H]2CC(OCc2c(-c4ccccc4OC(F)(F)F)noc2C2CC2)C3)c(F)c1. The van der Waals surface area contributed by atoms with E-state index in [2.05, 4.69) is 14.8 Å². The number of halogens is 4. The van der Waals surface area contributed by atoms with E-state index in [-0.39, 0.29) is 53.3 Å². The van der Waals surface area contributed by atoms with Crippen LogP contribution < -0.4 is 9.64 Å². The van der Waals surface area contributed by atoms with Crippen molar-refractivity contribution in [1.82, 2.24) is 5.16 Å². The number of esters is 1. The molecule has 6 rings (SSSR count). The molecule has 7 nitrogen and oxygen atoms in total. The van der Waals surface area contributed by atoms with E-state index in [0.29, 0.717) is 29.9 Å². The van der Waals surface area contributed by atoms with Gasteiger partial charge in [-0.05, 0) is 68.9 Å². The van der Waals surface area contributed by atoms with Crippen LogP contribution in [0.5, 0.6) is 5.75 Å². The van der Waals surface area contributed by atoms with Crippen LogP contribution in [0.25, 0.3) is 11.3 Å². The number of anilines is 1. The summed E-state index contributed by atoms with van der Waals surface area (Å²) in [6.45, 7) is 0.136. The molecule has 0 amide bonds. The predicted molar refractivity (Wildman–Crippen MR) is 135 cm³/mol. The van der Waals surface area contributed by atoms with Crippen molar-refractivity contribution in [2.75, 3.05) is 12.0 Å². The van der Waals surface area contributed by atoms with E-state index in [0.717, 1.165) is 25.7 Å². The molecular weight excluding hydrogens is 532 g/mol. The molecule has 1 aromatic heterocycles. The van der Waals surface area contributed by atoms with Gasteiger partial charge in [-0.2, -0.15) is 0 Å². The topological polar surface area (TPSA) is 74.0 Å². The minimum absolute atomic E-state index is 0.0629. The Hall–Kier alpha value is -3.60. The van der Waals surface area contributed by atoms with Gasteiger partial charge in [0.25, 0.3) is 0 Å². The first-order chi connectivity index (χ1) is 19.2. The number of nitrogens with zero attached hydrogens (tertiary/aromatic N) is 2. The van der Waals surface area contributed by atoms with Crippen LogP contribution in [0.1, 0.15) is 66.1 Å². The Morgan fingerprint density at radius 1 is 1.07 bits per heavy atom. The number of methoxy groups -OCH3 is 1. The summed E-state index contributed by atoms with van der Waals surface area (Å²) in [5, 5.41) is 4.15. The maximum absolute atomic E-state index is 15.0. The lowest BCUT2D eigenvalue weighted by Gasteiger charge is -2.40. The van der Waals surface area contributed by atoms with Crippen LogP contribution in [0.3, 0.4) is 0 Å². The second kappa shape index (κ2) is 10.4. The normalized spacial score (nSPS) is 22.4. The number of hydrogen-bond acceptors (Lipinski definition) is 7. The van der Waals surface area contributed by atoms with Crippen molar-refractivity contribution in [1.29, 1.82) is 0 Å². The smallest absolute Gasteiger partial charge is 0.465 e. The molecule has 2 unspecified atom stereocenters. The van der Waals surface area contributed by atoms with E-state index in [4.69, 9.17) is 14.0 Å². The van der Waals surface area contributed by atoms with Crippen molar-refractivity contribution in [3.8, 4) is 17.0 Å². The molecular formula is C29H28F4N2O5. The number of piperidine rings is 1. The highest BCUT2D eigenvalue weighted by Gasteiger charge is 2.43. The lowest BCUT2D eigenvalue weighted by molar-refractivity contribution is -0.274. The van der Waals surface area contributed by atoms with E-state index in [1.807, 2.05) is 0 Å². The number of para-hydroxylation sites is 1. The molecule has 3 heterocycles. The van der Waals surface area contributed by atoms with Gasteiger partial charge in [-0.3, -0.25) is 0 Å². The Balaban J connectivity index is 1.19. The van der Waals surface area contributed by atoms with Crippen LogP contribution in [0, 0.1) is 5.82 Å². The van der Waals surface area contributed by atoms with Gasteiger partial charge < -0.3 is 23.6 Å². The summed E-state index contributed by atoms with van der Waals surface area (Å²) in [6, 6.07) is 10.4. The molecule has 212 valence electrons. The van der Waals surface area contributed by atoms with Gasteiger partial charge in [-0.25, -0.2) is 9.18 Å². The van der Waals surface area contributed by atoms with Gasteiger partial charge in [0.15, 0.2) is 0 Å². The molecule has 1 aliphatic carbocycles. The molecule has 11 heteroatoms. The zero-order valence-corrected chi connectivity index (χ0v) is 21.7. The third-order valence-corrected chi connectivity index (χ3v) is 7.93. The van der Waals surface area contributed by atoms with E-state index in [1.165, 1.54) is 31.4 Å². The van der Waals surface area contributed by atoms with Crippen molar-refractivity contribution in [2.24, 2.45) is 0 Å². The Morgan fingerprint density at radius 2 is 1.80 bits per heavy atom. The Bertz CT molecular complexity index is 1390. The minimum atomic E-state index is -4.85. The summed E-state index contributed by atoms with van der Waals surface area (Å²) in [7, 11) is 1.25. The predicted octanol–water partition coefficient (Wildman–Crippen LogP) is 6.76. The lowest BCUT2D eigenvalue weighted by Crippen LogP contribution is -2.46. The number of hydrogen-bond donors (Lipinski definition) is 0. The summed E-state index contributed by atoms with van der Waals surface area (Å²) in [6.07, 6.45) is -0.0157. The average molecular weight is 561 g/mol. The highest BCUT2D eigenvalue weighted by atomic mass is 19.4. The first kappa shape index (κ1) is 26.6. The van der Waals surface area contributed by atoms with Crippen molar-refractivity contribution in [2.45, 2.75) is 75.6 Å². The lowest BCUT2D eigenvalue weighted by atomic mass is 9.98. The molecule has 2 aliphatic heterocycles. The second-order valence-electron chi connectivity index (χ2n) is 10.5. The van der Waals surface area contributed by atoms with Gasteiger partial charge in [0.05, 0.1) is 31.1 Å². The maximum Gasteiger partial charge on any atom is 0.573 e. The molecule has 3 atom stereocenters. The molecule has 40 heavy (non-hydrogen) atoms. The Kier molecular flexibility index (Phi) is 6.93. The molecule has 2 aromatic carbocycles. The number of fused-ring (bicyclic) bond motifs is 2. The van der Waals surface area contributed by atoms with E-state index in [1.54, 1.807) is 18.2 Å². The second-order valence-corrected chi connectivity index (χ2v) is 10.5. The van der Waals surface area contributed by atoms with Crippen LogP contribution in [0.2, 0.25) is 0 Å². The van der Waals surface area contributed by atoms with Crippen LogP contribution in [-0.2, 0) is 16.1 Å². The average Bonchev–Trinajstić information content (AvgIpc) is 3.63. The maximum atomic E-state index is 15.0. The molecule has 2 saturated heterocycles. The first-order valence-corrected chi connectivity index (χ1v) is 13.3. The van der Waals surface area contributed by atoms with Crippen molar-refractivity contribution >= 4 is 11.7 Å². The molecule has 3 aromatic rings. The third-order valence-electron chi connectivity index (χ3n) is 7.93. The first-order valence-electron chi connectivity index (χ1n) is 13.3. The van der Waals surface area contributed by atoms with Gasteiger partial charge in [0.2, 0.25) is 0 Å². The Labute approximate surface area is 228 Å². The monoisotopic (exact) mass is 560 g/mol. The number of alkyl halides is 3. The van der Waals surface area contributed by atoms with Crippen LogP contribution >= 0.6 is 0 Å². The number of ether oxygens (including phenoxy) is 3. The molecule has 0 radical (unpaired) electrons.